The zero-order valence-electron chi connectivity index (χ0n) is 13.0. The number of nitrogens with zero attached hydrogens (tertiary/aromatic N) is 1. The van der Waals surface area contributed by atoms with E-state index in [1.807, 2.05) is 12.1 Å². The summed E-state index contributed by atoms with van der Waals surface area (Å²) in [5.41, 5.74) is 2.07. The van der Waals surface area contributed by atoms with Crippen LogP contribution in [0.5, 0.6) is 5.75 Å². The fraction of sp³-hybridized carbons (Fsp3) is 0.611. The number of fused-ring (bicyclic) bond motifs is 1. The van der Waals surface area contributed by atoms with Crippen molar-refractivity contribution in [2.45, 2.75) is 70.1 Å². The van der Waals surface area contributed by atoms with E-state index in [1.165, 1.54) is 37.7 Å². The molecule has 3 heteroatoms. The number of ether oxygens (including phenoxy) is 1. The quantitative estimate of drug-likeness (QED) is 0.916. The van der Waals surface area contributed by atoms with Crippen molar-refractivity contribution in [2.24, 2.45) is 0 Å². The first-order valence-electron chi connectivity index (χ1n) is 8.05. The highest BCUT2D eigenvalue weighted by molar-refractivity contribution is 5.48. The van der Waals surface area contributed by atoms with E-state index in [4.69, 9.17) is 4.74 Å². The average Bonchev–Trinajstić information content (AvgIpc) is 2.79. The molecule has 2 aliphatic rings. The molecule has 1 aromatic carbocycles. The second kappa shape index (κ2) is 5.69. The number of rotatable bonds is 3. The van der Waals surface area contributed by atoms with Crippen molar-refractivity contribution in [1.29, 1.82) is 5.26 Å². The summed E-state index contributed by atoms with van der Waals surface area (Å²) in [6, 6.07) is 8.82. The van der Waals surface area contributed by atoms with Crippen LogP contribution < -0.4 is 10.1 Å². The van der Waals surface area contributed by atoms with Crippen molar-refractivity contribution in [1.82, 2.24) is 5.32 Å². The molecule has 0 amide bonds. The SMILES string of the molecule is CC1(C)Cc2cccc(C(C#N)NC3CCCCC3)c2O1. The monoisotopic (exact) mass is 284 g/mol. The van der Waals surface area contributed by atoms with Crippen LogP contribution in [0.4, 0.5) is 0 Å². The predicted octanol–water partition coefficient (Wildman–Crippen LogP) is 3.89. The highest BCUT2D eigenvalue weighted by atomic mass is 16.5. The van der Waals surface area contributed by atoms with Crippen molar-refractivity contribution in [3.63, 3.8) is 0 Å². The van der Waals surface area contributed by atoms with Gasteiger partial charge in [-0.3, -0.25) is 5.32 Å². The van der Waals surface area contributed by atoms with Gasteiger partial charge in [-0.25, -0.2) is 0 Å². The summed E-state index contributed by atoms with van der Waals surface area (Å²) < 4.78 is 6.11. The van der Waals surface area contributed by atoms with Crippen LogP contribution in [0.1, 0.15) is 63.1 Å². The minimum Gasteiger partial charge on any atom is -0.487 e. The zero-order valence-corrected chi connectivity index (χ0v) is 13.0. The van der Waals surface area contributed by atoms with Gasteiger partial charge in [-0.05, 0) is 32.3 Å². The summed E-state index contributed by atoms with van der Waals surface area (Å²) in [7, 11) is 0. The molecule has 1 fully saturated rings. The van der Waals surface area contributed by atoms with Gasteiger partial charge in [0.05, 0.1) is 6.07 Å². The molecule has 1 aliphatic heterocycles. The summed E-state index contributed by atoms with van der Waals surface area (Å²) in [6.07, 6.45) is 7.14. The lowest BCUT2D eigenvalue weighted by Crippen LogP contribution is -2.34. The van der Waals surface area contributed by atoms with Crippen LogP contribution in [0, 0.1) is 11.3 Å². The van der Waals surface area contributed by atoms with Crippen molar-refractivity contribution in [3.8, 4) is 11.8 Å². The van der Waals surface area contributed by atoms with Gasteiger partial charge in [-0.15, -0.1) is 0 Å². The van der Waals surface area contributed by atoms with Gasteiger partial charge < -0.3 is 4.74 Å². The Labute approximate surface area is 127 Å². The third kappa shape index (κ3) is 3.06. The highest BCUT2D eigenvalue weighted by Crippen LogP contribution is 2.40. The van der Waals surface area contributed by atoms with Gasteiger partial charge in [0.15, 0.2) is 0 Å². The van der Waals surface area contributed by atoms with Gasteiger partial charge in [-0.2, -0.15) is 5.26 Å². The van der Waals surface area contributed by atoms with Crippen LogP contribution in [0.3, 0.4) is 0 Å². The number of para-hydroxylation sites is 1. The molecule has 21 heavy (non-hydrogen) atoms. The molecule has 1 atom stereocenters. The molecule has 0 aromatic heterocycles. The Kier molecular flexibility index (Phi) is 3.91. The maximum Gasteiger partial charge on any atom is 0.129 e. The van der Waals surface area contributed by atoms with Crippen LogP contribution >= 0.6 is 0 Å². The number of nitriles is 1. The first-order valence-corrected chi connectivity index (χ1v) is 8.05. The van der Waals surface area contributed by atoms with Crippen molar-refractivity contribution in [2.75, 3.05) is 0 Å². The molecule has 0 radical (unpaired) electrons. The molecule has 1 unspecified atom stereocenters. The van der Waals surface area contributed by atoms with E-state index >= 15 is 0 Å². The number of nitrogens with one attached hydrogen (secondary N) is 1. The summed E-state index contributed by atoms with van der Waals surface area (Å²) >= 11 is 0. The Hall–Kier alpha value is -1.53. The van der Waals surface area contributed by atoms with E-state index in [0.717, 1.165) is 17.7 Å². The molecule has 3 nitrogen and oxygen atoms in total. The molecular weight excluding hydrogens is 260 g/mol. The Balaban J connectivity index is 1.82. The number of hydrogen-bond acceptors (Lipinski definition) is 3. The zero-order chi connectivity index (χ0) is 14.9. The minimum absolute atomic E-state index is 0.163. The van der Waals surface area contributed by atoms with Crippen molar-refractivity contribution >= 4 is 0 Å². The first-order chi connectivity index (χ1) is 10.1. The first kappa shape index (κ1) is 14.4. The maximum atomic E-state index is 9.60. The van der Waals surface area contributed by atoms with E-state index in [2.05, 4.69) is 31.3 Å². The molecule has 112 valence electrons. The van der Waals surface area contributed by atoms with Crippen LogP contribution in [-0.4, -0.2) is 11.6 Å². The fourth-order valence-electron chi connectivity index (χ4n) is 3.57. The lowest BCUT2D eigenvalue weighted by atomic mass is 9.93. The van der Waals surface area contributed by atoms with E-state index < -0.39 is 0 Å². The third-order valence-corrected chi connectivity index (χ3v) is 4.57. The van der Waals surface area contributed by atoms with Gasteiger partial charge in [-0.1, -0.05) is 37.5 Å². The smallest absolute Gasteiger partial charge is 0.129 e. The van der Waals surface area contributed by atoms with Gasteiger partial charge in [0.25, 0.3) is 0 Å². The normalized spacial score (nSPS) is 22.1. The molecule has 1 heterocycles. The molecule has 0 bridgehead atoms. The molecule has 3 rings (SSSR count). The van der Waals surface area contributed by atoms with Crippen LogP contribution in [0.25, 0.3) is 0 Å². The standard InChI is InChI=1S/C18H24N2O/c1-18(2)11-13-7-6-10-15(17(13)21-18)16(12-19)20-14-8-4-3-5-9-14/h6-7,10,14,16,20H,3-5,8-9,11H2,1-2H3. The molecule has 1 aromatic rings. The van der Waals surface area contributed by atoms with Gasteiger partial charge in [0.1, 0.15) is 17.4 Å². The number of benzene rings is 1. The van der Waals surface area contributed by atoms with Crippen molar-refractivity contribution in [3.05, 3.63) is 29.3 Å². The number of hydrogen-bond donors (Lipinski definition) is 1. The lowest BCUT2D eigenvalue weighted by molar-refractivity contribution is 0.136. The Bertz CT molecular complexity index is 553. The summed E-state index contributed by atoms with van der Waals surface area (Å²) in [5.74, 6) is 0.928. The fourth-order valence-corrected chi connectivity index (χ4v) is 3.57. The average molecular weight is 284 g/mol. The topological polar surface area (TPSA) is 45.0 Å². The van der Waals surface area contributed by atoms with E-state index in [0.29, 0.717) is 6.04 Å². The summed E-state index contributed by atoms with van der Waals surface area (Å²) in [5, 5.41) is 13.1. The maximum absolute atomic E-state index is 9.60. The molecule has 1 aliphatic carbocycles. The van der Waals surface area contributed by atoms with Crippen LogP contribution in [0.2, 0.25) is 0 Å². The Morgan fingerprint density at radius 2 is 2.05 bits per heavy atom. The van der Waals surface area contributed by atoms with Gasteiger partial charge in [0.2, 0.25) is 0 Å². The van der Waals surface area contributed by atoms with E-state index in [1.54, 1.807) is 0 Å². The second-order valence-corrected chi connectivity index (χ2v) is 6.94. The largest absolute Gasteiger partial charge is 0.487 e. The predicted molar refractivity (Wildman–Crippen MR) is 83.2 cm³/mol. The van der Waals surface area contributed by atoms with E-state index in [9.17, 15) is 5.26 Å². The molecule has 0 saturated heterocycles. The van der Waals surface area contributed by atoms with Crippen LogP contribution in [-0.2, 0) is 6.42 Å². The Morgan fingerprint density at radius 1 is 1.29 bits per heavy atom. The summed E-state index contributed by atoms with van der Waals surface area (Å²) in [6.45, 7) is 4.21. The second-order valence-electron chi connectivity index (χ2n) is 6.94. The molecule has 0 spiro atoms. The van der Waals surface area contributed by atoms with Gasteiger partial charge >= 0.3 is 0 Å². The van der Waals surface area contributed by atoms with Crippen LogP contribution in [0.15, 0.2) is 18.2 Å². The Morgan fingerprint density at radius 3 is 2.76 bits per heavy atom. The summed E-state index contributed by atoms with van der Waals surface area (Å²) in [4.78, 5) is 0. The van der Waals surface area contributed by atoms with E-state index in [-0.39, 0.29) is 11.6 Å². The molecular formula is C18H24N2O. The molecule has 1 N–H and O–H groups in total. The van der Waals surface area contributed by atoms with Crippen molar-refractivity contribution < 1.29 is 4.74 Å². The molecule has 1 saturated carbocycles. The third-order valence-electron chi connectivity index (χ3n) is 4.57. The highest BCUT2D eigenvalue weighted by Gasteiger charge is 2.33. The van der Waals surface area contributed by atoms with Gasteiger partial charge in [0, 0.05) is 18.0 Å². The minimum atomic E-state index is -0.267. The lowest BCUT2D eigenvalue weighted by Gasteiger charge is -2.26.